The highest BCUT2D eigenvalue weighted by atomic mass is 16.6. The van der Waals surface area contributed by atoms with Crippen molar-refractivity contribution in [1.82, 2.24) is 5.32 Å². The van der Waals surface area contributed by atoms with Gasteiger partial charge in [0.05, 0.1) is 18.5 Å². The van der Waals surface area contributed by atoms with Gasteiger partial charge in [-0.15, -0.1) is 0 Å². The van der Waals surface area contributed by atoms with E-state index >= 15 is 0 Å². The first-order chi connectivity index (χ1) is 13.5. The minimum absolute atomic E-state index is 0.0160. The smallest absolute Gasteiger partial charge is 0.307 e. The van der Waals surface area contributed by atoms with Crippen LogP contribution >= 0.6 is 0 Å². The van der Waals surface area contributed by atoms with Gasteiger partial charge in [-0.3, -0.25) is 19.7 Å². The molecule has 8 nitrogen and oxygen atoms in total. The number of ether oxygens (including phenoxy) is 2. The summed E-state index contributed by atoms with van der Waals surface area (Å²) in [6.45, 7) is 0.160. The SMILES string of the molecule is COc1ccc(/C=C/C(=O)NCCC(=O)OCc2ccc([N+](=O)[O-])cc2)cc1. The Morgan fingerprint density at radius 2 is 1.79 bits per heavy atom. The summed E-state index contributed by atoms with van der Waals surface area (Å²) in [4.78, 5) is 33.5. The molecular weight excluding hydrogens is 364 g/mol. The Balaban J connectivity index is 1.67. The van der Waals surface area contributed by atoms with Gasteiger partial charge < -0.3 is 14.8 Å². The second-order valence-electron chi connectivity index (χ2n) is 5.73. The van der Waals surface area contributed by atoms with E-state index in [9.17, 15) is 19.7 Å². The lowest BCUT2D eigenvalue weighted by molar-refractivity contribution is -0.384. The van der Waals surface area contributed by atoms with Crippen LogP contribution in [0, 0.1) is 10.1 Å². The van der Waals surface area contributed by atoms with Crippen molar-refractivity contribution in [2.24, 2.45) is 0 Å². The lowest BCUT2D eigenvalue weighted by atomic mass is 10.2. The molecule has 1 N–H and O–H groups in total. The summed E-state index contributed by atoms with van der Waals surface area (Å²) in [6.07, 6.45) is 3.06. The number of carbonyl (C=O) groups is 2. The van der Waals surface area contributed by atoms with Gasteiger partial charge >= 0.3 is 5.97 Å². The first-order valence-corrected chi connectivity index (χ1v) is 8.47. The third-order valence-corrected chi connectivity index (χ3v) is 3.72. The molecule has 146 valence electrons. The number of non-ortho nitro benzene ring substituents is 1. The highest BCUT2D eigenvalue weighted by molar-refractivity contribution is 5.91. The zero-order chi connectivity index (χ0) is 20.4. The number of nitrogens with zero attached hydrogens (tertiary/aromatic N) is 1. The maximum atomic E-state index is 11.8. The Labute approximate surface area is 161 Å². The molecule has 0 aliphatic heterocycles. The zero-order valence-corrected chi connectivity index (χ0v) is 15.3. The molecule has 0 fully saturated rings. The molecule has 28 heavy (non-hydrogen) atoms. The van der Waals surface area contributed by atoms with Gasteiger partial charge in [0.15, 0.2) is 0 Å². The van der Waals surface area contributed by atoms with Crippen molar-refractivity contribution in [1.29, 1.82) is 0 Å². The number of carbonyl (C=O) groups excluding carboxylic acids is 2. The molecule has 0 spiro atoms. The lowest BCUT2D eigenvalue weighted by Gasteiger charge is -2.05. The van der Waals surface area contributed by atoms with E-state index in [1.54, 1.807) is 25.3 Å². The lowest BCUT2D eigenvalue weighted by Crippen LogP contribution is -2.24. The predicted molar refractivity (Wildman–Crippen MR) is 103 cm³/mol. The number of nitro benzene ring substituents is 1. The minimum atomic E-state index is -0.498. The Morgan fingerprint density at radius 3 is 2.39 bits per heavy atom. The number of amides is 1. The summed E-state index contributed by atoms with van der Waals surface area (Å²) >= 11 is 0. The van der Waals surface area contributed by atoms with Crippen LogP contribution in [0.15, 0.2) is 54.6 Å². The summed E-state index contributed by atoms with van der Waals surface area (Å²) in [7, 11) is 1.58. The monoisotopic (exact) mass is 384 g/mol. The molecule has 0 saturated carbocycles. The van der Waals surface area contributed by atoms with E-state index in [0.717, 1.165) is 11.3 Å². The van der Waals surface area contributed by atoms with E-state index in [2.05, 4.69) is 5.32 Å². The van der Waals surface area contributed by atoms with Crippen molar-refractivity contribution in [2.75, 3.05) is 13.7 Å². The third-order valence-electron chi connectivity index (χ3n) is 3.72. The molecule has 0 heterocycles. The van der Waals surface area contributed by atoms with E-state index in [1.165, 1.54) is 30.3 Å². The fourth-order valence-electron chi connectivity index (χ4n) is 2.18. The van der Waals surface area contributed by atoms with Gasteiger partial charge in [-0.25, -0.2) is 0 Å². The molecule has 2 aromatic carbocycles. The van der Waals surface area contributed by atoms with Crippen molar-refractivity contribution in [3.63, 3.8) is 0 Å². The van der Waals surface area contributed by atoms with E-state index in [1.807, 2.05) is 12.1 Å². The van der Waals surface area contributed by atoms with Gasteiger partial charge in [0, 0.05) is 24.8 Å². The maximum absolute atomic E-state index is 11.8. The van der Waals surface area contributed by atoms with Gasteiger partial charge in [0.25, 0.3) is 5.69 Å². The number of methoxy groups -OCH3 is 1. The zero-order valence-electron chi connectivity index (χ0n) is 15.3. The molecular formula is C20H20N2O6. The number of nitro groups is 1. The number of nitrogens with one attached hydrogen (secondary N) is 1. The standard InChI is InChI=1S/C20H20N2O6/c1-27-18-9-4-15(5-10-18)6-11-19(23)21-13-12-20(24)28-14-16-2-7-17(8-3-16)22(25)26/h2-11H,12-14H2,1H3,(H,21,23)/b11-6+. The van der Waals surface area contributed by atoms with E-state index in [-0.39, 0.29) is 31.2 Å². The van der Waals surface area contributed by atoms with Crippen molar-refractivity contribution in [2.45, 2.75) is 13.0 Å². The number of hydrogen-bond acceptors (Lipinski definition) is 6. The second-order valence-corrected chi connectivity index (χ2v) is 5.73. The average molecular weight is 384 g/mol. The van der Waals surface area contributed by atoms with E-state index in [0.29, 0.717) is 5.56 Å². The average Bonchev–Trinajstić information content (AvgIpc) is 2.71. The van der Waals surface area contributed by atoms with Gasteiger partial charge in [-0.05, 0) is 41.5 Å². The van der Waals surface area contributed by atoms with Crippen molar-refractivity contribution >= 4 is 23.6 Å². The first kappa shape index (κ1) is 20.6. The molecule has 0 aliphatic carbocycles. The Bertz CT molecular complexity index is 844. The molecule has 0 unspecified atom stereocenters. The van der Waals surface area contributed by atoms with Gasteiger partial charge in [0.1, 0.15) is 12.4 Å². The molecule has 2 rings (SSSR count). The summed E-state index contributed by atoms with van der Waals surface area (Å²) in [5.41, 5.74) is 1.46. The molecule has 0 bridgehead atoms. The number of benzene rings is 2. The largest absolute Gasteiger partial charge is 0.497 e. The number of esters is 1. The normalized spacial score (nSPS) is 10.5. The van der Waals surface area contributed by atoms with Crippen LogP contribution in [0.25, 0.3) is 6.08 Å². The van der Waals surface area contributed by atoms with E-state index in [4.69, 9.17) is 9.47 Å². The van der Waals surface area contributed by atoms with Crippen LogP contribution in [-0.2, 0) is 20.9 Å². The number of hydrogen-bond donors (Lipinski definition) is 1. The van der Waals surface area contributed by atoms with Crippen LogP contribution < -0.4 is 10.1 Å². The first-order valence-electron chi connectivity index (χ1n) is 8.47. The topological polar surface area (TPSA) is 108 Å². The van der Waals surface area contributed by atoms with Crippen molar-refractivity contribution < 1.29 is 24.0 Å². The van der Waals surface area contributed by atoms with Crippen LogP contribution in [0.2, 0.25) is 0 Å². The molecule has 8 heteroatoms. The molecule has 0 radical (unpaired) electrons. The Hall–Kier alpha value is -3.68. The molecule has 2 aromatic rings. The molecule has 0 aliphatic rings. The molecule has 0 saturated heterocycles. The second kappa shape index (κ2) is 10.5. The summed E-state index contributed by atoms with van der Waals surface area (Å²) in [5.74, 6) is -0.0642. The van der Waals surface area contributed by atoms with Crippen molar-refractivity contribution in [3.05, 3.63) is 75.8 Å². The van der Waals surface area contributed by atoms with Gasteiger partial charge in [0.2, 0.25) is 5.91 Å². The Kier molecular flexibility index (Phi) is 7.71. The van der Waals surface area contributed by atoms with Gasteiger partial charge in [-0.2, -0.15) is 0 Å². The third kappa shape index (κ3) is 6.91. The van der Waals surface area contributed by atoms with Crippen LogP contribution in [0.1, 0.15) is 17.5 Å². The van der Waals surface area contributed by atoms with E-state index < -0.39 is 10.9 Å². The van der Waals surface area contributed by atoms with Crippen LogP contribution in [-0.4, -0.2) is 30.5 Å². The van der Waals surface area contributed by atoms with Crippen LogP contribution in [0.4, 0.5) is 5.69 Å². The molecule has 0 aromatic heterocycles. The highest BCUT2D eigenvalue weighted by Gasteiger charge is 2.07. The minimum Gasteiger partial charge on any atom is -0.497 e. The maximum Gasteiger partial charge on any atom is 0.307 e. The number of rotatable bonds is 9. The predicted octanol–water partition coefficient (Wildman–Crippen LogP) is 2.87. The molecule has 1 amide bonds. The quantitative estimate of drug-likeness (QED) is 0.308. The summed E-state index contributed by atoms with van der Waals surface area (Å²) < 4.78 is 10.1. The van der Waals surface area contributed by atoms with Crippen molar-refractivity contribution in [3.8, 4) is 5.75 Å². The Morgan fingerprint density at radius 1 is 1.11 bits per heavy atom. The summed E-state index contributed by atoms with van der Waals surface area (Å²) in [5, 5.41) is 13.2. The summed E-state index contributed by atoms with van der Waals surface area (Å²) in [6, 6.07) is 13.0. The highest BCUT2D eigenvalue weighted by Crippen LogP contribution is 2.13. The fourth-order valence-corrected chi connectivity index (χ4v) is 2.18. The fraction of sp³-hybridized carbons (Fsp3) is 0.200. The van der Waals surface area contributed by atoms with Crippen LogP contribution in [0.3, 0.4) is 0 Å². The van der Waals surface area contributed by atoms with Gasteiger partial charge in [-0.1, -0.05) is 12.1 Å². The van der Waals surface area contributed by atoms with Crippen LogP contribution in [0.5, 0.6) is 5.75 Å². The molecule has 0 atom stereocenters.